The number of ether oxygens (including phenoxy) is 1. The van der Waals surface area contributed by atoms with E-state index < -0.39 is 0 Å². The van der Waals surface area contributed by atoms with E-state index in [9.17, 15) is 0 Å². The van der Waals surface area contributed by atoms with E-state index in [1.54, 1.807) is 0 Å². The van der Waals surface area contributed by atoms with E-state index in [1.165, 1.54) is 0 Å². The zero-order chi connectivity index (χ0) is 6.69. The number of morpholine rings is 1. The summed E-state index contributed by atoms with van der Waals surface area (Å²) in [4.78, 5) is 0. The lowest BCUT2D eigenvalue weighted by molar-refractivity contribution is -0.0615. The number of hydrazine groups is 1. The molecule has 0 aromatic heterocycles. The SMILES string of the molecule is CN(C)N1CCOCC1. The molecule has 0 amide bonds. The van der Waals surface area contributed by atoms with Gasteiger partial charge in [-0.15, -0.1) is 0 Å². The predicted octanol–water partition coefficient (Wildman–Crippen LogP) is -0.205. The van der Waals surface area contributed by atoms with Crippen LogP contribution in [0.1, 0.15) is 0 Å². The molecule has 0 spiro atoms. The quantitative estimate of drug-likeness (QED) is 0.488. The van der Waals surface area contributed by atoms with Crippen LogP contribution in [0.5, 0.6) is 0 Å². The zero-order valence-corrected chi connectivity index (χ0v) is 6.13. The molecule has 0 bridgehead atoms. The molecule has 0 atom stereocenters. The molecule has 1 heterocycles. The summed E-state index contributed by atoms with van der Waals surface area (Å²) >= 11 is 0. The van der Waals surface area contributed by atoms with Crippen molar-refractivity contribution < 1.29 is 4.74 Å². The van der Waals surface area contributed by atoms with Gasteiger partial charge in [0.1, 0.15) is 0 Å². The van der Waals surface area contributed by atoms with Crippen LogP contribution in [0.15, 0.2) is 0 Å². The molecule has 1 aliphatic rings. The Kier molecular flexibility index (Phi) is 2.45. The molecule has 1 fully saturated rings. The normalized spacial score (nSPS) is 23.0. The van der Waals surface area contributed by atoms with E-state index >= 15 is 0 Å². The highest BCUT2D eigenvalue weighted by atomic mass is 16.5. The Hall–Kier alpha value is -0.120. The number of hydrogen-bond acceptors (Lipinski definition) is 3. The van der Waals surface area contributed by atoms with Crippen molar-refractivity contribution in [2.75, 3.05) is 40.4 Å². The van der Waals surface area contributed by atoms with Crippen LogP contribution in [0.4, 0.5) is 0 Å². The Morgan fingerprint density at radius 2 is 1.78 bits per heavy atom. The van der Waals surface area contributed by atoms with Crippen LogP contribution in [0.3, 0.4) is 0 Å². The van der Waals surface area contributed by atoms with Gasteiger partial charge in [-0.1, -0.05) is 0 Å². The van der Waals surface area contributed by atoms with Crippen molar-refractivity contribution in [1.82, 2.24) is 10.0 Å². The Labute approximate surface area is 56.2 Å². The first-order valence-electron chi connectivity index (χ1n) is 3.30. The van der Waals surface area contributed by atoms with Gasteiger partial charge in [0.25, 0.3) is 0 Å². The van der Waals surface area contributed by atoms with Gasteiger partial charge in [-0.3, -0.25) is 0 Å². The summed E-state index contributed by atoms with van der Waals surface area (Å²) in [6.45, 7) is 3.82. The molecule has 1 rings (SSSR count). The van der Waals surface area contributed by atoms with Gasteiger partial charge in [-0.05, 0) is 0 Å². The van der Waals surface area contributed by atoms with E-state index in [0.29, 0.717) is 0 Å². The predicted molar refractivity (Wildman–Crippen MR) is 36.1 cm³/mol. The molecular weight excluding hydrogens is 116 g/mol. The average Bonchev–Trinajstić information content (AvgIpc) is 1.90. The third kappa shape index (κ3) is 1.93. The molecule has 0 aromatic rings. The second-order valence-corrected chi connectivity index (χ2v) is 2.41. The van der Waals surface area contributed by atoms with Crippen molar-refractivity contribution in [2.45, 2.75) is 0 Å². The Morgan fingerprint density at radius 1 is 1.22 bits per heavy atom. The van der Waals surface area contributed by atoms with Gasteiger partial charge in [0.05, 0.1) is 13.2 Å². The average molecular weight is 130 g/mol. The summed E-state index contributed by atoms with van der Waals surface area (Å²) in [6, 6.07) is 0. The van der Waals surface area contributed by atoms with E-state index in [2.05, 4.69) is 24.1 Å². The third-order valence-corrected chi connectivity index (χ3v) is 1.55. The molecular formula is C6H14N2O. The minimum absolute atomic E-state index is 0.873. The van der Waals surface area contributed by atoms with Crippen LogP contribution in [0, 0.1) is 0 Å². The van der Waals surface area contributed by atoms with Crippen molar-refractivity contribution in [3.63, 3.8) is 0 Å². The van der Waals surface area contributed by atoms with Gasteiger partial charge in [-0.2, -0.15) is 0 Å². The first-order chi connectivity index (χ1) is 4.30. The van der Waals surface area contributed by atoms with Crippen LogP contribution < -0.4 is 0 Å². The lowest BCUT2D eigenvalue weighted by Gasteiger charge is -2.31. The topological polar surface area (TPSA) is 15.7 Å². The molecule has 0 unspecified atom stereocenters. The second-order valence-electron chi connectivity index (χ2n) is 2.41. The maximum absolute atomic E-state index is 5.18. The summed E-state index contributed by atoms with van der Waals surface area (Å²) in [5.74, 6) is 0. The molecule has 3 nitrogen and oxygen atoms in total. The van der Waals surface area contributed by atoms with E-state index in [4.69, 9.17) is 4.74 Å². The lowest BCUT2D eigenvalue weighted by Crippen LogP contribution is -2.44. The van der Waals surface area contributed by atoms with Crippen LogP contribution in [0.2, 0.25) is 0 Å². The van der Waals surface area contributed by atoms with Crippen molar-refractivity contribution in [1.29, 1.82) is 0 Å². The molecule has 0 saturated carbocycles. The van der Waals surface area contributed by atoms with Gasteiger partial charge < -0.3 is 4.74 Å². The summed E-state index contributed by atoms with van der Waals surface area (Å²) < 4.78 is 5.18. The van der Waals surface area contributed by atoms with Crippen LogP contribution in [-0.4, -0.2) is 50.4 Å². The molecule has 0 radical (unpaired) electrons. The van der Waals surface area contributed by atoms with Gasteiger partial charge in [0.15, 0.2) is 0 Å². The minimum Gasteiger partial charge on any atom is -0.379 e. The Bertz CT molecular complexity index is 79.1. The molecule has 0 N–H and O–H groups in total. The van der Waals surface area contributed by atoms with E-state index in [1.807, 2.05) is 0 Å². The van der Waals surface area contributed by atoms with Crippen LogP contribution in [0.25, 0.3) is 0 Å². The van der Waals surface area contributed by atoms with Crippen LogP contribution >= 0.6 is 0 Å². The van der Waals surface area contributed by atoms with Gasteiger partial charge in [0.2, 0.25) is 0 Å². The number of hydrogen-bond donors (Lipinski definition) is 0. The molecule has 9 heavy (non-hydrogen) atoms. The highest BCUT2D eigenvalue weighted by Gasteiger charge is 2.10. The first kappa shape index (κ1) is 6.99. The van der Waals surface area contributed by atoms with Crippen molar-refractivity contribution in [2.24, 2.45) is 0 Å². The monoisotopic (exact) mass is 130 g/mol. The lowest BCUT2D eigenvalue weighted by atomic mass is 10.5. The molecule has 0 aromatic carbocycles. The molecule has 1 saturated heterocycles. The van der Waals surface area contributed by atoms with Crippen molar-refractivity contribution in [3.8, 4) is 0 Å². The summed E-state index contributed by atoms with van der Waals surface area (Å²) in [7, 11) is 4.12. The molecule has 1 aliphatic heterocycles. The second kappa shape index (κ2) is 3.15. The summed E-state index contributed by atoms with van der Waals surface area (Å²) in [5.41, 5.74) is 0. The highest BCUT2D eigenvalue weighted by Crippen LogP contribution is 1.96. The fraction of sp³-hybridized carbons (Fsp3) is 1.00. The smallest absolute Gasteiger partial charge is 0.0608 e. The molecule has 0 aliphatic carbocycles. The largest absolute Gasteiger partial charge is 0.379 e. The van der Waals surface area contributed by atoms with Gasteiger partial charge in [0, 0.05) is 27.2 Å². The summed E-state index contributed by atoms with van der Waals surface area (Å²) in [5, 5.41) is 4.38. The van der Waals surface area contributed by atoms with Crippen molar-refractivity contribution >= 4 is 0 Å². The maximum atomic E-state index is 5.18. The van der Waals surface area contributed by atoms with Gasteiger partial charge >= 0.3 is 0 Å². The Morgan fingerprint density at radius 3 is 2.11 bits per heavy atom. The van der Waals surface area contributed by atoms with Gasteiger partial charge in [-0.25, -0.2) is 10.0 Å². The number of nitrogens with zero attached hydrogens (tertiary/aromatic N) is 2. The third-order valence-electron chi connectivity index (χ3n) is 1.55. The fourth-order valence-electron chi connectivity index (χ4n) is 0.954. The fourth-order valence-corrected chi connectivity index (χ4v) is 0.954. The standard InChI is InChI=1S/C6H14N2O/c1-7(2)8-3-5-9-6-4-8/h3-6H2,1-2H3. The zero-order valence-electron chi connectivity index (χ0n) is 6.13. The molecule has 54 valence electrons. The highest BCUT2D eigenvalue weighted by molar-refractivity contribution is 4.55. The maximum Gasteiger partial charge on any atom is 0.0608 e. The Balaban J connectivity index is 2.23. The molecule has 3 heteroatoms. The first-order valence-corrected chi connectivity index (χ1v) is 3.30. The minimum atomic E-state index is 0.873. The van der Waals surface area contributed by atoms with E-state index in [-0.39, 0.29) is 0 Å². The van der Waals surface area contributed by atoms with Crippen LogP contribution in [-0.2, 0) is 4.74 Å². The number of rotatable bonds is 1. The van der Waals surface area contributed by atoms with Crippen molar-refractivity contribution in [3.05, 3.63) is 0 Å². The van der Waals surface area contributed by atoms with E-state index in [0.717, 1.165) is 26.3 Å². The summed E-state index contributed by atoms with van der Waals surface area (Å²) in [6.07, 6.45) is 0.